The molecular weight excluding hydrogens is 201 g/mol. The summed E-state index contributed by atoms with van der Waals surface area (Å²) < 4.78 is 1.17. The number of halogens is 1. The summed E-state index contributed by atoms with van der Waals surface area (Å²) in [5, 5.41) is 0. The average Bonchev–Trinajstić information content (AvgIpc) is 1.68. The molecular formula is C5H8IN. The lowest BCUT2D eigenvalue weighted by Gasteiger charge is -1.78. The van der Waals surface area contributed by atoms with E-state index in [0.717, 1.165) is 0 Å². The van der Waals surface area contributed by atoms with Gasteiger partial charge in [0.15, 0.2) is 0 Å². The van der Waals surface area contributed by atoms with Gasteiger partial charge in [-0.15, -0.1) is 0 Å². The molecule has 40 valence electrons. The third-order valence-electron chi connectivity index (χ3n) is 0.531. The second kappa shape index (κ2) is 4.18. The third-order valence-corrected chi connectivity index (χ3v) is 1.51. The maximum absolute atomic E-state index is 5.08. The molecule has 0 aromatic carbocycles. The predicted molar refractivity (Wildman–Crippen MR) is 41.1 cm³/mol. The smallest absolute Gasteiger partial charge is 0.0101 e. The highest BCUT2D eigenvalue weighted by Crippen LogP contribution is 2.04. The van der Waals surface area contributed by atoms with Gasteiger partial charge in [-0.25, -0.2) is 0 Å². The van der Waals surface area contributed by atoms with E-state index >= 15 is 0 Å². The van der Waals surface area contributed by atoms with Crippen molar-refractivity contribution in [3.05, 3.63) is 21.9 Å². The van der Waals surface area contributed by atoms with Crippen molar-refractivity contribution >= 4 is 22.6 Å². The minimum atomic E-state index is 1.17. The summed E-state index contributed by atoms with van der Waals surface area (Å²) in [7, 11) is 0. The molecule has 7 heavy (non-hydrogen) atoms. The van der Waals surface area contributed by atoms with Crippen molar-refractivity contribution in [1.82, 2.24) is 0 Å². The van der Waals surface area contributed by atoms with Crippen molar-refractivity contribution in [2.75, 3.05) is 0 Å². The van der Waals surface area contributed by atoms with Crippen LogP contribution >= 0.6 is 22.6 Å². The zero-order valence-corrected chi connectivity index (χ0v) is 6.34. The van der Waals surface area contributed by atoms with Crippen LogP contribution in [0.15, 0.2) is 21.9 Å². The van der Waals surface area contributed by atoms with Crippen molar-refractivity contribution in [3.63, 3.8) is 0 Å². The zero-order valence-electron chi connectivity index (χ0n) is 4.19. The molecule has 0 aliphatic rings. The van der Waals surface area contributed by atoms with Gasteiger partial charge in [-0.2, -0.15) is 0 Å². The highest BCUT2D eigenvalue weighted by Gasteiger charge is 1.72. The first-order valence-corrected chi connectivity index (χ1v) is 3.09. The Bertz CT molecular complexity index is 94.3. The molecule has 0 radical (unpaired) electrons. The van der Waals surface area contributed by atoms with E-state index in [0.29, 0.717) is 0 Å². The van der Waals surface area contributed by atoms with Crippen LogP contribution in [0.2, 0.25) is 0 Å². The molecule has 0 unspecified atom stereocenters. The molecule has 0 atom stereocenters. The molecule has 0 heterocycles. The maximum atomic E-state index is 5.08. The average molecular weight is 209 g/mol. The second-order valence-corrected chi connectivity index (χ2v) is 2.28. The fourth-order valence-electron chi connectivity index (χ4n) is 0.188. The molecule has 0 saturated heterocycles. The molecule has 0 aliphatic heterocycles. The standard InChI is InChI=1S/C5H8IN/c1-2-5(6)3-4-7/h2-4H,7H2,1H3/b4-3-,5-2+. The van der Waals surface area contributed by atoms with E-state index in [1.54, 1.807) is 0 Å². The van der Waals surface area contributed by atoms with Gasteiger partial charge in [0.05, 0.1) is 0 Å². The Hall–Kier alpha value is 0.01000. The van der Waals surface area contributed by atoms with E-state index in [1.807, 2.05) is 19.1 Å². The van der Waals surface area contributed by atoms with Crippen LogP contribution in [-0.2, 0) is 0 Å². The molecule has 1 nitrogen and oxygen atoms in total. The van der Waals surface area contributed by atoms with E-state index < -0.39 is 0 Å². The molecule has 0 rings (SSSR count). The summed E-state index contributed by atoms with van der Waals surface area (Å²) in [4.78, 5) is 0. The maximum Gasteiger partial charge on any atom is 0.0101 e. The van der Waals surface area contributed by atoms with Crippen molar-refractivity contribution in [2.45, 2.75) is 6.92 Å². The highest BCUT2D eigenvalue weighted by molar-refractivity contribution is 14.1. The van der Waals surface area contributed by atoms with Crippen molar-refractivity contribution < 1.29 is 0 Å². The number of rotatable bonds is 1. The third kappa shape index (κ3) is 3.85. The van der Waals surface area contributed by atoms with Crippen LogP contribution in [0.4, 0.5) is 0 Å². The van der Waals surface area contributed by atoms with Gasteiger partial charge in [-0.05, 0) is 41.8 Å². The van der Waals surface area contributed by atoms with Gasteiger partial charge >= 0.3 is 0 Å². The second-order valence-electron chi connectivity index (χ2n) is 1.03. The summed E-state index contributed by atoms with van der Waals surface area (Å²) in [6.07, 6.45) is 5.37. The Kier molecular flexibility index (Phi) is 4.18. The molecule has 0 aromatic rings. The van der Waals surface area contributed by atoms with Crippen molar-refractivity contribution in [2.24, 2.45) is 5.73 Å². The van der Waals surface area contributed by atoms with Crippen LogP contribution in [-0.4, -0.2) is 0 Å². The van der Waals surface area contributed by atoms with Gasteiger partial charge in [0, 0.05) is 3.58 Å². The number of hydrogen-bond donors (Lipinski definition) is 1. The Labute approximate surface area is 57.4 Å². The summed E-state index contributed by atoms with van der Waals surface area (Å²) in [6.45, 7) is 1.97. The topological polar surface area (TPSA) is 26.0 Å². The molecule has 0 fully saturated rings. The van der Waals surface area contributed by atoms with Crippen molar-refractivity contribution in [1.29, 1.82) is 0 Å². The molecule has 0 aliphatic carbocycles. The van der Waals surface area contributed by atoms with Gasteiger partial charge in [-0.3, -0.25) is 0 Å². The molecule has 2 heteroatoms. The quantitative estimate of drug-likeness (QED) is 0.517. The van der Waals surface area contributed by atoms with E-state index in [9.17, 15) is 0 Å². The van der Waals surface area contributed by atoms with Gasteiger partial charge < -0.3 is 5.73 Å². The van der Waals surface area contributed by atoms with Gasteiger partial charge in [0.1, 0.15) is 0 Å². The van der Waals surface area contributed by atoms with E-state index in [1.165, 1.54) is 9.78 Å². The summed E-state index contributed by atoms with van der Waals surface area (Å²) in [6, 6.07) is 0. The lowest BCUT2D eigenvalue weighted by atomic mass is 10.5. The van der Waals surface area contributed by atoms with Crippen LogP contribution < -0.4 is 5.73 Å². The van der Waals surface area contributed by atoms with Gasteiger partial charge in [0.25, 0.3) is 0 Å². The molecule has 0 bridgehead atoms. The Morgan fingerprint density at radius 2 is 2.29 bits per heavy atom. The van der Waals surface area contributed by atoms with Gasteiger partial charge in [0.2, 0.25) is 0 Å². The van der Waals surface area contributed by atoms with Crippen LogP contribution in [0.25, 0.3) is 0 Å². The first kappa shape index (κ1) is 7.01. The largest absolute Gasteiger partial charge is 0.405 e. The first-order valence-electron chi connectivity index (χ1n) is 2.01. The van der Waals surface area contributed by atoms with E-state index in [2.05, 4.69) is 22.6 Å². The first-order chi connectivity index (χ1) is 3.31. The Balaban J connectivity index is 3.58. The Morgan fingerprint density at radius 3 is 2.43 bits per heavy atom. The van der Waals surface area contributed by atoms with Crippen LogP contribution in [0.1, 0.15) is 6.92 Å². The Morgan fingerprint density at radius 1 is 1.71 bits per heavy atom. The molecule has 0 aromatic heterocycles. The predicted octanol–water partition coefficient (Wildman–Crippen LogP) is 1.80. The molecule has 2 N–H and O–H groups in total. The fourth-order valence-corrected chi connectivity index (χ4v) is 0.396. The highest BCUT2D eigenvalue weighted by atomic mass is 127. The zero-order chi connectivity index (χ0) is 5.70. The lowest BCUT2D eigenvalue weighted by molar-refractivity contribution is 1.59. The number of allylic oxidation sites excluding steroid dienone is 3. The molecule has 0 spiro atoms. The summed E-state index contributed by atoms with van der Waals surface area (Å²) in [5.74, 6) is 0. The van der Waals surface area contributed by atoms with E-state index in [-0.39, 0.29) is 0 Å². The lowest BCUT2D eigenvalue weighted by Crippen LogP contribution is -1.73. The fraction of sp³-hybridized carbons (Fsp3) is 0.200. The van der Waals surface area contributed by atoms with Crippen molar-refractivity contribution in [3.8, 4) is 0 Å². The summed E-state index contributed by atoms with van der Waals surface area (Å²) >= 11 is 2.20. The van der Waals surface area contributed by atoms with Crippen LogP contribution in [0, 0.1) is 0 Å². The summed E-state index contributed by atoms with van der Waals surface area (Å²) in [5.41, 5.74) is 5.08. The molecule has 0 amide bonds. The van der Waals surface area contributed by atoms with Gasteiger partial charge in [-0.1, -0.05) is 6.08 Å². The number of hydrogen-bond acceptors (Lipinski definition) is 1. The minimum Gasteiger partial charge on any atom is -0.405 e. The SMILES string of the molecule is C/C=C(I)\C=C/N. The number of nitrogens with two attached hydrogens (primary N) is 1. The van der Waals surface area contributed by atoms with Crippen LogP contribution in [0.5, 0.6) is 0 Å². The van der Waals surface area contributed by atoms with Crippen LogP contribution in [0.3, 0.4) is 0 Å². The minimum absolute atomic E-state index is 1.17. The van der Waals surface area contributed by atoms with E-state index in [4.69, 9.17) is 5.73 Å². The normalized spacial score (nSPS) is 13.1. The monoisotopic (exact) mass is 209 g/mol. The molecule has 0 saturated carbocycles.